The Morgan fingerprint density at radius 1 is 1.33 bits per heavy atom. The normalized spacial score (nSPS) is 20.4. The summed E-state index contributed by atoms with van der Waals surface area (Å²) in [6.45, 7) is 5.09. The number of nitrogens with one attached hydrogen (secondary N) is 1. The van der Waals surface area contributed by atoms with Crippen molar-refractivity contribution in [2.24, 2.45) is 0 Å². The first-order chi connectivity index (χ1) is 9.66. The number of hydrazine groups is 1. The lowest BCUT2D eigenvalue weighted by Crippen LogP contribution is -2.51. The first kappa shape index (κ1) is 15.8. The van der Waals surface area contributed by atoms with Crippen molar-refractivity contribution in [3.63, 3.8) is 0 Å². The number of amides is 1. The van der Waals surface area contributed by atoms with Gasteiger partial charge >= 0.3 is 6.18 Å². The summed E-state index contributed by atoms with van der Waals surface area (Å²) in [6, 6.07) is 4.66. The molecule has 1 unspecified atom stereocenters. The van der Waals surface area contributed by atoms with E-state index in [2.05, 4.69) is 5.43 Å². The van der Waals surface area contributed by atoms with Crippen LogP contribution in [-0.4, -0.2) is 22.6 Å². The highest BCUT2D eigenvalue weighted by molar-refractivity contribution is 5.79. The molecule has 116 valence electrons. The SMILES string of the molecule is CCc1ccccc1C(N1NC(=O)CC1(C)C)C(F)(F)F. The average Bonchev–Trinajstić information content (AvgIpc) is 2.62. The van der Waals surface area contributed by atoms with E-state index in [1.165, 1.54) is 6.07 Å². The van der Waals surface area contributed by atoms with Crippen LogP contribution in [0, 0.1) is 0 Å². The smallest absolute Gasteiger partial charge is 0.287 e. The van der Waals surface area contributed by atoms with Gasteiger partial charge in [-0.25, -0.2) is 0 Å². The third kappa shape index (κ3) is 3.05. The topological polar surface area (TPSA) is 32.3 Å². The van der Waals surface area contributed by atoms with E-state index in [1.54, 1.807) is 32.0 Å². The molecule has 0 spiro atoms. The van der Waals surface area contributed by atoms with Crippen molar-refractivity contribution in [1.29, 1.82) is 0 Å². The van der Waals surface area contributed by atoms with Crippen LogP contribution in [0.15, 0.2) is 24.3 Å². The van der Waals surface area contributed by atoms with Crippen LogP contribution in [0.3, 0.4) is 0 Å². The molecule has 1 heterocycles. The zero-order chi connectivity index (χ0) is 15.8. The summed E-state index contributed by atoms with van der Waals surface area (Å²) in [6.07, 6.45) is -3.92. The van der Waals surface area contributed by atoms with E-state index in [4.69, 9.17) is 0 Å². The molecule has 0 radical (unpaired) electrons. The molecule has 1 fully saturated rings. The second-order valence-electron chi connectivity index (χ2n) is 5.89. The Labute approximate surface area is 122 Å². The van der Waals surface area contributed by atoms with Gasteiger partial charge in [0.15, 0.2) is 6.04 Å². The quantitative estimate of drug-likeness (QED) is 0.928. The predicted molar refractivity (Wildman–Crippen MR) is 73.3 cm³/mol. The van der Waals surface area contributed by atoms with Gasteiger partial charge in [-0.3, -0.25) is 10.2 Å². The molecule has 3 nitrogen and oxygen atoms in total. The zero-order valence-corrected chi connectivity index (χ0v) is 12.3. The Kier molecular flexibility index (Phi) is 4.02. The van der Waals surface area contributed by atoms with Gasteiger partial charge in [-0.2, -0.15) is 18.2 Å². The van der Waals surface area contributed by atoms with Gasteiger partial charge in [0, 0.05) is 12.0 Å². The predicted octanol–water partition coefficient (Wildman–Crippen LogP) is 3.37. The van der Waals surface area contributed by atoms with Crippen LogP contribution in [0.25, 0.3) is 0 Å². The van der Waals surface area contributed by atoms with Gasteiger partial charge in [0.1, 0.15) is 0 Å². The molecule has 1 aromatic rings. The Bertz CT molecular complexity index is 540. The van der Waals surface area contributed by atoms with Crippen LogP contribution in [0.5, 0.6) is 0 Å². The minimum Gasteiger partial charge on any atom is -0.287 e. The molecule has 2 rings (SSSR count). The number of halogens is 3. The highest BCUT2D eigenvalue weighted by atomic mass is 19.4. The monoisotopic (exact) mass is 300 g/mol. The van der Waals surface area contributed by atoms with E-state index in [-0.39, 0.29) is 17.9 Å². The largest absolute Gasteiger partial charge is 0.409 e. The van der Waals surface area contributed by atoms with Crippen molar-refractivity contribution < 1.29 is 18.0 Å². The van der Waals surface area contributed by atoms with Crippen molar-refractivity contribution in [3.8, 4) is 0 Å². The number of rotatable bonds is 3. The number of benzene rings is 1. The molecule has 1 aliphatic rings. The molecule has 0 saturated carbocycles. The first-order valence-electron chi connectivity index (χ1n) is 6.90. The summed E-state index contributed by atoms with van der Waals surface area (Å²) < 4.78 is 41.0. The second-order valence-corrected chi connectivity index (χ2v) is 5.89. The van der Waals surface area contributed by atoms with E-state index in [1.807, 2.05) is 6.92 Å². The van der Waals surface area contributed by atoms with Gasteiger partial charge in [0.2, 0.25) is 5.91 Å². The zero-order valence-electron chi connectivity index (χ0n) is 12.3. The number of alkyl halides is 3. The molecule has 1 aromatic carbocycles. The third-order valence-electron chi connectivity index (χ3n) is 3.79. The summed E-state index contributed by atoms with van der Waals surface area (Å²) in [7, 11) is 0. The molecule has 21 heavy (non-hydrogen) atoms. The number of aryl methyl sites for hydroxylation is 1. The molecular weight excluding hydrogens is 281 g/mol. The summed E-state index contributed by atoms with van der Waals surface area (Å²) in [5.74, 6) is -0.386. The Hall–Kier alpha value is -1.56. The fourth-order valence-corrected chi connectivity index (χ4v) is 2.80. The molecule has 6 heteroatoms. The molecule has 1 amide bonds. The van der Waals surface area contributed by atoms with Crippen molar-refractivity contribution >= 4 is 5.91 Å². The lowest BCUT2D eigenvalue weighted by molar-refractivity contribution is -0.204. The van der Waals surface area contributed by atoms with E-state index in [9.17, 15) is 18.0 Å². The first-order valence-corrected chi connectivity index (χ1v) is 6.90. The van der Waals surface area contributed by atoms with Gasteiger partial charge in [-0.15, -0.1) is 0 Å². The van der Waals surface area contributed by atoms with E-state index in [0.717, 1.165) is 5.01 Å². The highest BCUT2D eigenvalue weighted by Gasteiger charge is 2.53. The molecule has 0 aliphatic carbocycles. The Balaban J connectivity index is 2.53. The molecule has 1 N–H and O–H groups in total. The van der Waals surface area contributed by atoms with E-state index < -0.39 is 17.8 Å². The van der Waals surface area contributed by atoms with Crippen LogP contribution in [-0.2, 0) is 11.2 Å². The van der Waals surface area contributed by atoms with Gasteiger partial charge in [0.25, 0.3) is 0 Å². The van der Waals surface area contributed by atoms with Crippen molar-refractivity contribution in [1.82, 2.24) is 10.4 Å². The molecule has 1 atom stereocenters. The van der Waals surface area contributed by atoms with Crippen molar-refractivity contribution in [2.45, 2.75) is 51.4 Å². The number of hydrogen-bond acceptors (Lipinski definition) is 2. The minimum atomic E-state index is -4.47. The van der Waals surface area contributed by atoms with E-state index >= 15 is 0 Å². The van der Waals surface area contributed by atoms with Gasteiger partial charge in [-0.1, -0.05) is 31.2 Å². The van der Waals surface area contributed by atoms with Crippen LogP contribution in [0.1, 0.15) is 44.4 Å². The van der Waals surface area contributed by atoms with E-state index in [0.29, 0.717) is 12.0 Å². The van der Waals surface area contributed by atoms with Crippen LogP contribution in [0.4, 0.5) is 13.2 Å². The van der Waals surface area contributed by atoms with Crippen LogP contribution in [0.2, 0.25) is 0 Å². The molecular formula is C15H19F3N2O. The molecule has 1 aliphatic heterocycles. The maximum absolute atomic E-state index is 13.7. The summed E-state index contributed by atoms with van der Waals surface area (Å²) in [4.78, 5) is 11.6. The standard InChI is InChI=1S/C15H19F3N2O/c1-4-10-7-5-6-8-11(10)13(15(16,17)18)20-14(2,3)9-12(21)19-20/h5-8,13H,4,9H2,1-3H3,(H,19,21). The number of carbonyl (C=O) groups is 1. The third-order valence-corrected chi connectivity index (χ3v) is 3.79. The van der Waals surface area contributed by atoms with Gasteiger partial charge in [-0.05, 0) is 31.4 Å². The maximum Gasteiger partial charge on any atom is 0.409 e. The lowest BCUT2D eigenvalue weighted by Gasteiger charge is -2.38. The van der Waals surface area contributed by atoms with Crippen LogP contribution >= 0.6 is 0 Å². The average molecular weight is 300 g/mol. The molecule has 0 bridgehead atoms. The molecule has 0 aromatic heterocycles. The highest BCUT2D eigenvalue weighted by Crippen LogP contribution is 2.43. The summed E-state index contributed by atoms with van der Waals surface area (Å²) in [5.41, 5.74) is 2.32. The fourth-order valence-electron chi connectivity index (χ4n) is 2.80. The lowest BCUT2D eigenvalue weighted by atomic mass is 9.93. The number of hydrogen-bond donors (Lipinski definition) is 1. The molecule has 1 saturated heterocycles. The van der Waals surface area contributed by atoms with Gasteiger partial charge < -0.3 is 0 Å². The number of carbonyl (C=O) groups excluding carboxylic acids is 1. The Morgan fingerprint density at radius 3 is 2.43 bits per heavy atom. The summed E-state index contributed by atoms with van der Waals surface area (Å²) in [5, 5.41) is 1.05. The minimum absolute atomic E-state index is 0.0495. The van der Waals surface area contributed by atoms with Crippen molar-refractivity contribution in [2.75, 3.05) is 0 Å². The van der Waals surface area contributed by atoms with Crippen molar-refractivity contribution in [3.05, 3.63) is 35.4 Å². The van der Waals surface area contributed by atoms with Crippen LogP contribution < -0.4 is 5.43 Å². The Morgan fingerprint density at radius 2 is 1.95 bits per heavy atom. The number of nitrogens with zero attached hydrogens (tertiary/aromatic N) is 1. The summed E-state index contributed by atoms with van der Waals surface area (Å²) >= 11 is 0. The maximum atomic E-state index is 13.7. The second kappa shape index (κ2) is 5.33. The fraction of sp³-hybridized carbons (Fsp3) is 0.533. The van der Waals surface area contributed by atoms with Gasteiger partial charge in [0.05, 0.1) is 0 Å².